The molecule has 0 saturated heterocycles. The number of amides is 1. The first-order valence-corrected chi connectivity index (χ1v) is 9.24. The van der Waals surface area contributed by atoms with Gasteiger partial charge in [0.15, 0.2) is 5.96 Å². The second kappa shape index (κ2) is 11.3. The fraction of sp³-hybridized carbons (Fsp3) is 0.333. The van der Waals surface area contributed by atoms with Gasteiger partial charge in [0.1, 0.15) is 0 Å². The number of nitrogens with one attached hydrogen (secondary N) is 2. The molecule has 0 aliphatic carbocycles. The Morgan fingerprint density at radius 2 is 1.79 bits per heavy atom. The molecule has 0 radical (unpaired) electrons. The molecule has 2 rings (SSSR count). The first-order valence-electron chi connectivity index (χ1n) is 8.87. The fourth-order valence-electron chi connectivity index (χ4n) is 2.83. The molecule has 4 N–H and O–H groups in total. The number of rotatable bonds is 7. The average molecular weight is 515 g/mol. The van der Waals surface area contributed by atoms with Crippen molar-refractivity contribution >= 4 is 47.4 Å². The number of aliphatic imine (C=N–C) groups is 1. The van der Waals surface area contributed by atoms with Crippen LogP contribution in [0.4, 0.5) is 0 Å². The molecule has 2 aromatic carbocycles. The number of nitrogens with zero attached hydrogens (tertiary/aromatic N) is 1. The number of hydrogen-bond donors (Lipinski definition) is 3. The van der Waals surface area contributed by atoms with E-state index in [4.69, 9.17) is 17.3 Å². The molecule has 0 unspecified atom stereocenters. The van der Waals surface area contributed by atoms with Crippen LogP contribution in [-0.4, -0.2) is 25.5 Å². The van der Waals surface area contributed by atoms with E-state index in [1.807, 2.05) is 30.3 Å². The molecule has 152 valence electrons. The molecule has 7 heteroatoms. The van der Waals surface area contributed by atoms with E-state index in [2.05, 4.69) is 35.5 Å². The van der Waals surface area contributed by atoms with Gasteiger partial charge in [0.2, 0.25) is 5.91 Å². The molecule has 0 atom stereocenters. The molecule has 0 aliphatic heterocycles. The first-order chi connectivity index (χ1) is 12.8. The van der Waals surface area contributed by atoms with Crippen LogP contribution >= 0.6 is 35.6 Å². The van der Waals surface area contributed by atoms with Crippen molar-refractivity contribution in [2.24, 2.45) is 16.1 Å². The lowest BCUT2D eigenvalue weighted by atomic mass is 9.86. The summed E-state index contributed by atoms with van der Waals surface area (Å²) in [5, 5.41) is 7.39. The summed E-state index contributed by atoms with van der Waals surface area (Å²) in [7, 11) is 1.74. The molecule has 5 nitrogen and oxygen atoms in total. The van der Waals surface area contributed by atoms with E-state index in [0.717, 1.165) is 23.6 Å². The molecule has 0 saturated carbocycles. The highest BCUT2D eigenvalue weighted by Gasteiger charge is 2.19. The van der Waals surface area contributed by atoms with E-state index < -0.39 is 5.91 Å². The van der Waals surface area contributed by atoms with Crippen LogP contribution in [0.5, 0.6) is 0 Å². The minimum absolute atomic E-state index is 0. The zero-order chi connectivity index (χ0) is 19.9. The van der Waals surface area contributed by atoms with Gasteiger partial charge in [-0.05, 0) is 47.2 Å². The summed E-state index contributed by atoms with van der Waals surface area (Å²) in [4.78, 5) is 15.6. The Morgan fingerprint density at radius 1 is 1.11 bits per heavy atom. The van der Waals surface area contributed by atoms with Gasteiger partial charge in [-0.25, -0.2) is 0 Å². The van der Waals surface area contributed by atoms with Crippen molar-refractivity contribution in [3.05, 3.63) is 70.2 Å². The van der Waals surface area contributed by atoms with Crippen molar-refractivity contribution in [2.45, 2.75) is 26.8 Å². The second-order valence-corrected chi connectivity index (χ2v) is 7.75. The molecule has 2 aromatic rings. The lowest BCUT2D eigenvalue weighted by Gasteiger charge is -2.26. The monoisotopic (exact) mass is 514 g/mol. The largest absolute Gasteiger partial charge is 0.366 e. The molecule has 0 aliphatic rings. The number of carbonyl (C=O) groups excluding carboxylic acids is 1. The van der Waals surface area contributed by atoms with Crippen LogP contribution in [0.15, 0.2) is 53.5 Å². The summed E-state index contributed by atoms with van der Waals surface area (Å²) in [6, 6.07) is 15.2. The molecule has 28 heavy (non-hydrogen) atoms. The van der Waals surface area contributed by atoms with Gasteiger partial charge in [-0.1, -0.05) is 49.7 Å². The van der Waals surface area contributed by atoms with Crippen LogP contribution in [0.2, 0.25) is 5.02 Å². The minimum Gasteiger partial charge on any atom is -0.366 e. The van der Waals surface area contributed by atoms with Crippen molar-refractivity contribution < 1.29 is 4.79 Å². The zero-order valence-corrected chi connectivity index (χ0v) is 19.5. The highest BCUT2D eigenvalue weighted by Crippen LogP contribution is 2.22. The zero-order valence-electron chi connectivity index (χ0n) is 16.5. The van der Waals surface area contributed by atoms with E-state index in [0.29, 0.717) is 18.1 Å². The number of nitrogens with two attached hydrogens (primary N) is 1. The summed E-state index contributed by atoms with van der Waals surface area (Å²) in [6.45, 7) is 5.70. The van der Waals surface area contributed by atoms with Gasteiger partial charge in [-0.3, -0.25) is 9.79 Å². The summed E-state index contributed by atoms with van der Waals surface area (Å²) < 4.78 is 0. The number of primary amides is 1. The molecule has 0 aromatic heterocycles. The van der Waals surface area contributed by atoms with Gasteiger partial charge in [0.05, 0.1) is 0 Å². The Hall–Kier alpha value is -1.80. The van der Waals surface area contributed by atoms with Crippen LogP contribution < -0.4 is 16.4 Å². The van der Waals surface area contributed by atoms with Gasteiger partial charge >= 0.3 is 0 Å². The van der Waals surface area contributed by atoms with Crippen LogP contribution in [-0.2, 0) is 13.0 Å². The summed E-state index contributed by atoms with van der Waals surface area (Å²) in [5.74, 6) is 0.278. The number of benzene rings is 2. The van der Waals surface area contributed by atoms with E-state index in [1.54, 1.807) is 19.2 Å². The highest BCUT2D eigenvalue weighted by atomic mass is 127. The predicted molar refractivity (Wildman–Crippen MR) is 128 cm³/mol. The third kappa shape index (κ3) is 8.06. The Kier molecular flexibility index (Phi) is 9.75. The third-order valence-corrected chi connectivity index (χ3v) is 4.44. The predicted octanol–water partition coefficient (Wildman–Crippen LogP) is 3.99. The van der Waals surface area contributed by atoms with Gasteiger partial charge < -0.3 is 16.4 Å². The van der Waals surface area contributed by atoms with Crippen molar-refractivity contribution in [1.29, 1.82) is 0 Å². The summed E-state index contributed by atoms with van der Waals surface area (Å²) in [5.41, 5.74) is 8.03. The lowest BCUT2D eigenvalue weighted by Crippen LogP contribution is -2.42. The normalized spacial score (nSPS) is 11.5. The van der Waals surface area contributed by atoms with Crippen LogP contribution in [0.25, 0.3) is 0 Å². The maximum absolute atomic E-state index is 11.3. The van der Waals surface area contributed by atoms with Gasteiger partial charge in [0.25, 0.3) is 0 Å². The lowest BCUT2D eigenvalue weighted by molar-refractivity contribution is 0.1000. The van der Waals surface area contributed by atoms with Crippen molar-refractivity contribution in [1.82, 2.24) is 10.6 Å². The molecule has 0 spiro atoms. The third-order valence-electron chi connectivity index (χ3n) is 4.20. The first kappa shape index (κ1) is 24.2. The number of halogens is 2. The highest BCUT2D eigenvalue weighted by molar-refractivity contribution is 14.0. The maximum Gasteiger partial charge on any atom is 0.248 e. The minimum atomic E-state index is -0.429. The molecular weight excluding hydrogens is 487 g/mol. The van der Waals surface area contributed by atoms with E-state index >= 15 is 0 Å². The number of guanidine groups is 1. The van der Waals surface area contributed by atoms with E-state index in [1.165, 1.54) is 5.56 Å². The number of carbonyl (C=O) groups is 1. The van der Waals surface area contributed by atoms with E-state index in [9.17, 15) is 4.79 Å². The summed E-state index contributed by atoms with van der Waals surface area (Å²) in [6.07, 6.45) is 0.901. The van der Waals surface area contributed by atoms with Crippen molar-refractivity contribution in [3.8, 4) is 0 Å². The van der Waals surface area contributed by atoms with Gasteiger partial charge in [-0.15, -0.1) is 24.0 Å². The van der Waals surface area contributed by atoms with E-state index in [-0.39, 0.29) is 29.4 Å². The molecular formula is C21H28ClIN4O. The van der Waals surface area contributed by atoms with Gasteiger partial charge in [-0.2, -0.15) is 0 Å². The van der Waals surface area contributed by atoms with Gasteiger partial charge in [0, 0.05) is 30.7 Å². The topological polar surface area (TPSA) is 79.5 Å². The van der Waals surface area contributed by atoms with Crippen molar-refractivity contribution in [3.63, 3.8) is 0 Å². The Bertz CT molecular complexity index is 824. The van der Waals surface area contributed by atoms with Crippen LogP contribution in [0.1, 0.15) is 35.3 Å². The standard InChI is InChI=1S/C21H27ClN4O.HI/c1-21(2,12-15-6-5-9-18(22)11-15)14-26-20(24-3)25-13-16-7-4-8-17(10-16)19(23)27;/h4-11H,12-14H2,1-3H3,(H2,23,27)(H2,24,25,26);1H. The van der Waals surface area contributed by atoms with Crippen molar-refractivity contribution in [2.75, 3.05) is 13.6 Å². The summed E-state index contributed by atoms with van der Waals surface area (Å²) >= 11 is 6.08. The molecule has 0 fully saturated rings. The fourth-order valence-corrected chi connectivity index (χ4v) is 3.04. The Labute approximate surface area is 189 Å². The number of hydrogen-bond acceptors (Lipinski definition) is 2. The Morgan fingerprint density at radius 3 is 2.43 bits per heavy atom. The molecule has 0 bridgehead atoms. The second-order valence-electron chi connectivity index (χ2n) is 7.31. The molecule has 1 amide bonds. The van der Waals surface area contributed by atoms with Crippen LogP contribution in [0, 0.1) is 5.41 Å². The SMILES string of the molecule is CN=C(NCc1cccc(C(N)=O)c1)NCC(C)(C)Cc1cccc(Cl)c1.I. The van der Waals surface area contributed by atoms with Crippen LogP contribution in [0.3, 0.4) is 0 Å². The molecule has 0 heterocycles. The average Bonchev–Trinajstić information content (AvgIpc) is 2.61. The smallest absolute Gasteiger partial charge is 0.248 e. The maximum atomic E-state index is 11.3. The Balaban J connectivity index is 0.00000392. The quantitative estimate of drug-likeness (QED) is 0.297.